The Morgan fingerprint density at radius 2 is 0.859 bits per heavy atom. The summed E-state index contributed by atoms with van der Waals surface area (Å²) in [6.07, 6.45) is 0. The highest BCUT2D eigenvalue weighted by Gasteiger charge is 2.55. The molecule has 64 heavy (non-hydrogen) atoms. The largest absolute Gasteiger partial charge is 0.456 e. The molecule has 4 heterocycles. The van der Waals surface area contributed by atoms with Crippen molar-refractivity contribution in [2.45, 2.75) is 52.7 Å². The summed E-state index contributed by atoms with van der Waals surface area (Å²) >= 11 is 0. The molecule has 2 unspecified atom stereocenters. The molecule has 4 aliphatic rings. The zero-order chi connectivity index (χ0) is 46.0. The summed E-state index contributed by atoms with van der Waals surface area (Å²) in [7, 11) is -1.00. The third-order valence-corrected chi connectivity index (χ3v) is 12.8. The monoisotopic (exact) mass is 863 g/mol. The Morgan fingerprint density at radius 1 is 0.484 bits per heavy atom. The molecule has 0 aliphatic carbocycles. The van der Waals surface area contributed by atoms with Crippen LogP contribution in [0, 0.1) is 0 Å². The normalized spacial score (nSPS) is 17.8. The van der Waals surface area contributed by atoms with Crippen molar-refractivity contribution in [1.29, 1.82) is 0 Å². The average Bonchev–Trinajstić information content (AvgIpc) is 3.79. The minimum atomic E-state index is -1.06. The quantitative estimate of drug-likeness (QED) is 0.112. The molecule has 2 spiro atoms. The van der Waals surface area contributed by atoms with Gasteiger partial charge in [0.2, 0.25) is 0 Å². The lowest BCUT2D eigenvalue weighted by Gasteiger charge is -2.38. The van der Waals surface area contributed by atoms with Gasteiger partial charge < -0.3 is 39.4 Å². The standard InChI is InChI=1S/C28H30N2O3.C24H22N2O3.CH3F/c1-5-29(6-2)19-14-16-25-24(17-19)28(22-12-10-9-11-21(22)27(31)33-28)23-15-13-20(18-26(23)32-25)30(7-3)8-4;1-3-26(4-2)16-10-11-19-22(14-16)28-21-12-9-15(25)13-20(21)24(19)18-8-6-5-7-17(18)23(27)29-24;1-2/h9-18H,5-8H2,1-4H3;5-14H,3-4,25H2,1-2H3;1H3/i;;1D. The lowest BCUT2D eigenvalue weighted by Crippen LogP contribution is -2.34. The molecular weight excluding hydrogens is 808 g/mol. The van der Waals surface area contributed by atoms with Crippen molar-refractivity contribution in [2.24, 2.45) is 0 Å². The topological polar surface area (TPSA) is 107 Å². The summed E-state index contributed by atoms with van der Waals surface area (Å²) in [5.74, 6) is 2.15. The van der Waals surface area contributed by atoms with Gasteiger partial charge in [0.1, 0.15) is 23.0 Å². The summed E-state index contributed by atoms with van der Waals surface area (Å²) in [6.45, 7) is 18.2. The molecule has 0 amide bonds. The Bertz CT molecular complexity index is 2750. The molecule has 10 rings (SSSR count). The maximum Gasteiger partial charge on any atom is 0.340 e. The Hall–Kier alpha value is -7.01. The van der Waals surface area contributed by atoms with Gasteiger partial charge in [-0.05, 0) is 114 Å². The van der Waals surface area contributed by atoms with Gasteiger partial charge >= 0.3 is 11.9 Å². The van der Waals surface area contributed by atoms with Crippen LogP contribution in [0.5, 0.6) is 23.0 Å². The second-order valence-electron chi connectivity index (χ2n) is 15.8. The first-order valence-corrected chi connectivity index (χ1v) is 22.0. The third kappa shape index (κ3) is 6.85. The van der Waals surface area contributed by atoms with Crippen LogP contribution in [0.15, 0.2) is 121 Å². The van der Waals surface area contributed by atoms with Crippen molar-refractivity contribution in [3.05, 3.63) is 166 Å². The minimum absolute atomic E-state index is 0.300. The maximum atomic E-state index is 13.1. The van der Waals surface area contributed by atoms with Crippen molar-refractivity contribution >= 4 is 34.7 Å². The van der Waals surface area contributed by atoms with Gasteiger partial charge in [0, 0.05) is 108 Å². The predicted octanol–water partition coefficient (Wildman–Crippen LogP) is 11.2. The third-order valence-electron chi connectivity index (χ3n) is 12.8. The summed E-state index contributed by atoms with van der Waals surface area (Å²) in [5.41, 5.74) is 14.0. The van der Waals surface area contributed by atoms with E-state index in [1.807, 2.05) is 72.8 Å². The first-order chi connectivity index (χ1) is 31.6. The summed E-state index contributed by atoms with van der Waals surface area (Å²) in [4.78, 5) is 32.7. The number of fused-ring (bicyclic) bond motifs is 12. The maximum absolute atomic E-state index is 13.1. The SMILES string of the molecule is CCN(CC)c1ccc2c(c1)Oc1ccc(N(CC)CC)cc1C21OC(=O)c2ccccc21.CCN(CC)c1ccc2c(c1)Oc1ccc(N)cc1C21OC(=O)c2ccccc21.[2H]CF. The fourth-order valence-electron chi connectivity index (χ4n) is 9.68. The lowest BCUT2D eigenvalue weighted by atomic mass is 9.77. The van der Waals surface area contributed by atoms with Gasteiger partial charge in [-0.1, -0.05) is 36.4 Å². The fourth-order valence-corrected chi connectivity index (χ4v) is 9.68. The number of hydrogen-bond donors (Lipinski definition) is 1. The van der Waals surface area contributed by atoms with E-state index in [-0.39, 0.29) is 11.9 Å². The number of nitrogens with zero attached hydrogens (tertiary/aromatic N) is 3. The molecular formula is C53H55FN4O6. The molecule has 6 aromatic carbocycles. The van der Waals surface area contributed by atoms with E-state index in [0.29, 0.717) is 28.3 Å². The Kier molecular flexibility index (Phi) is 11.7. The molecule has 2 N–H and O–H groups in total. The first-order valence-electron chi connectivity index (χ1n) is 22.7. The zero-order valence-corrected chi connectivity index (χ0v) is 37.2. The molecule has 11 heteroatoms. The molecule has 2 atom stereocenters. The number of halogens is 1. The van der Waals surface area contributed by atoms with Gasteiger partial charge in [-0.15, -0.1) is 0 Å². The van der Waals surface area contributed by atoms with Crippen LogP contribution in [0.25, 0.3) is 0 Å². The van der Waals surface area contributed by atoms with Crippen LogP contribution < -0.4 is 29.9 Å². The number of nitrogens with two attached hydrogens (primary N) is 1. The van der Waals surface area contributed by atoms with Crippen molar-refractivity contribution < 1.29 is 34.3 Å². The summed E-state index contributed by atoms with van der Waals surface area (Å²) in [5, 5.41) is 0. The van der Waals surface area contributed by atoms with Gasteiger partial charge in [0.05, 0.1) is 19.7 Å². The number of rotatable bonds is 9. The van der Waals surface area contributed by atoms with Crippen LogP contribution in [-0.2, 0) is 20.7 Å². The summed E-state index contributed by atoms with van der Waals surface area (Å²) < 4.78 is 40.7. The van der Waals surface area contributed by atoms with E-state index >= 15 is 0 Å². The van der Waals surface area contributed by atoms with Crippen LogP contribution >= 0.6 is 0 Å². The number of nitrogen functional groups attached to an aromatic ring is 1. The number of anilines is 4. The van der Waals surface area contributed by atoms with Crippen LogP contribution in [0.2, 0.25) is 0 Å². The lowest BCUT2D eigenvalue weighted by molar-refractivity contribution is 0.0214. The van der Waals surface area contributed by atoms with Crippen LogP contribution in [0.1, 0.15) is 97.0 Å². The van der Waals surface area contributed by atoms with E-state index in [0.717, 1.165) is 101 Å². The van der Waals surface area contributed by atoms with Crippen LogP contribution in [0.4, 0.5) is 27.1 Å². The second kappa shape index (κ2) is 17.6. The molecule has 0 saturated heterocycles. The van der Waals surface area contributed by atoms with Crippen LogP contribution in [-0.4, -0.2) is 58.4 Å². The minimum Gasteiger partial charge on any atom is -0.456 e. The number of carbonyl (C=O) groups is 2. The molecule has 0 saturated carbocycles. The summed E-state index contributed by atoms with van der Waals surface area (Å²) in [6, 6.07) is 39.2. The van der Waals surface area contributed by atoms with Gasteiger partial charge in [-0.3, -0.25) is 4.39 Å². The number of carbonyl (C=O) groups excluding carboxylic acids is 2. The Morgan fingerprint density at radius 3 is 1.30 bits per heavy atom. The number of benzene rings is 6. The average molecular weight is 864 g/mol. The van der Waals surface area contributed by atoms with E-state index in [9.17, 15) is 14.0 Å². The van der Waals surface area contributed by atoms with E-state index in [1.54, 1.807) is 12.1 Å². The highest BCUT2D eigenvalue weighted by Crippen LogP contribution is 2.58. The van der Waals surface area contributed by atoms with Crippen molar-refractivity contribution in [3.8, 4) is 23.0 Å². The number of hydrogen-bond acceptors (Lipinski definition) is 10. The molecule has 330 valence electrons. The van der Waals surface area contributed by atoms with Gasteiger partial charge in [-0.25, -0.2) is 9.59 Å². The van der Waals surface area contributed by atoms with Crippen molar-refractivity contribution in [1.82, 2.24) is 0 Å². The molecule has 4 aliphatic heterocycles. The molecule has 0 fully saturated rings. The fraction of sp³-hybridized carbons (Fsp3) is 0.283. The molecule has 0 radical (unpaired) electrons. The van der Waals surface area contributed by atoms with Gasteiger partial charge in [-0.2, -0.15) is 0 Å². The smallest absolute Gasteiger partial charge is 0.340 e. The molecule has 0 bridgehead atoms. The van der Waals surface area contributed by atoms with Gasteiger partial charge in [0.15, 0.2) is 11.2 Å². The molecule has 0 aromatic heterocycles. The Balaban J connectivity index is 0.000000168. The van der Waals surface area contributed by atoms with E-state index in [4.69, 9.17) is 26.1 Å². The highest BCUT2D eigenvalue weighted by molar-refractivity contribution is 5.98. The van der Waals surface area contributed by atoms with E-state index in [2.05, 4.69) is 92.6 Å². The van der Waals surface area contributed by atoms with E-state index in [1.165, 1.54) is 0 Å². The highest BCUT2D eigenvalue weighted by atomic mass is 19.1. The second-order valence-corrected chi connectivity index (χ2v) is 15.8. The van der Waals surface area contributed by atoms with Gasteiger partial charge in [0.25, 0.3) is 0 Å². The number of alkyl halides is 1. The predicted molar refractivity (Wildman–Crippen MR) is 252 cm³/mol. The number of esters is 2. The Labute approximate surface area is 376 Å². The zero-order valence-electron chi connectivity index (χ0n) is 38.2. The first kappa shape index (κ1) is 42.3. The number of ether oxygens (including phenoxy) is 4. The molecule has 6 aromatic rings. The van der Waals surface area contributed by atoms with Crippen LogP contribution in [0.3, 0.4) is 0 Å². The van der Waals surface area contributed by atoms with E-state index < -0.39 is 18.4 Å². The van der Waals surface area contributed by atoms with Crippen molar-refractivity contribution in [3.63, 3.8) is 0 Å². The van der Waals surface area contributed by atoms with Crippen molar-refractivity contribution in [2.75, 3.05) is 66.9 Å². The molecule has 10 nitrogen and oxygen atoms in total.